The Kier molecular flexibility index (Phi) is 5.87. The molecule has 6 nitrogen and oxygen atoms in total. The summed E-state index contributed by atoms with van der Waals surface area (Å²) in [5.74, 6) is 0.998. The summed E-state index contributed by atoms with van der Waals surface area (Å²) in [6, 6.07) is 8.65. The SMILES string of the molecule is Cc1cccc(-c2noc(N3CCOCC3)c2CN(C(=O)CC(C)(C)C)C2CC2)c1. The van der Waals surface area contributed by atoms with Crippen LogP contribution in [0.2, 0.25) is 0 Å². The van der Waals surface area contributed by atoms with E-state index in [9.17, 15) is 4.79 Å². The van der Waals surface area contributed by atoms with Gasteiger partial charge >= 0.3 is 0 Å². The molecule has 1 saturated heterocycles. The standard InChI is InChI=1S/C24H33N3O3/c1-17-6-5-7-18(14-17)22-20(23(30-25-22)26-10-12-29-13-11-26)16-27(19-8-9-19)21(28)15-24(2,3)4/h5-7,14,19H,8-13,15-16H2,1-4H3. The molecule has 0 bridgehead atoms. The Bertz CT molecular complexity index is 889. The number of benzene rings is 1. The average molecular weight is 412 g/mol. The first-order chi connectivity index (χ1) is 14.3. The third-order valence-corrected chi connectivity index (χ3v) is 5.68. The van der Waals surface area contributed by atoms with Gasteiger partial charge in [-0.2, -0.15) is 0 Å². The normalized spacial score (nSPS) is 17.3. The Morgan fingerprint density at radius 2 is 1.97 bits per heavy atom. The summed E-state index contributed by atoms with van der Waals surface area (Å²) in [5.41, 5.74) is 4.03. The molecule has 2 aliphatic rings. The minimum Gasteiger partial charge on any atom is -0.378 e. The van der Waals surface area contributed by atoms with Crippen molar-refractivity contribution in [2.45, 2.75) is 59.5 Å². The van der Waals surface area contributed by atoms with Gasteiger partial charge in [0.25, 0.3) is 0 Å². The van der Waals surface area contributed by atoms with Gasteiger partial charge in [-0.05, 0) is 31.2 Å². The molecule has 1 aliphatic heterocycles. The zero-order chi connectivity index (χ0) is 21.3. The van der Waals surface area contributed by atoms with Crippen molar-refractivity contribution in [3.63, 3.8) is 0 Å². The molecule has 0 N–H and O–H groups in total. The van der Waals surface area contributed by atoms with Crippen molar-refractivity contribution in [3.05, 3.63) is 35.4 Å². The van der Waals surface area contributed by atoms with Crippen LogP contribution in [-0.2, 0) is 16.1 Å². The first kappa shape index (κ1) is 20.9. The van der Waals surface area contributed by atoms with Crippen molar-refractivity contribution in [1.82, 2.24) is 10.1 Å². The highest BCUT2D eigenvalue weighted by Crippen LogP contribution is 2.37. The van der Waals surface area contributed by atoms with E-state index in [0.29, 0.717) is 32.2 Å². The molecule has 0 radical (unpaired) electrons. The average Bonchev–Trinajstić information content (AvgIpc) is 3.44. The molecule has 6 heteroatoms. The molecular weight excluding hydrogens is 378 g/mol. The van der Waals surface area contributed by atoms with Crippen LogP contribution in [0.25, 0.3) is 11.3 Å². The van der Waals surface area contributed by atoms with Crippen molar-refractivity contribution in [2.24, 2.45) is 5.41 Å². The van der Waals surface area contributed by atoms with Gasteiger partial charge in [0.1, 0.15) is 5.69 Å². The van der Waals surface area contributed by atoms with Crippen molar-refractivity contribution in [2.75, 3.05) is 31.2 Å². The number of anilines is 1. The van der Waals surface area contributed by atoms with Crippen LogP contribution >= 0.6 is 0 Å². The fourth-order valence-electron chi connectivity index (χ4n) is 4.01. The van der Waals surface area contributed by atoms with E-state index in [-0.39, 0.29) is 11.3 Å². The lowest BCUT2D eigenvalue weighted by molar-refractivity contribution is -0.134. The molecule has 162 valence electrons. The first-order valence-corrected chi connectivity index (χ1v) is 11.0. The second-order valence-electron chi connectivity index (χ2n) is 9.77. The van der Waals surface area contributed by atoms with Crippen LogP contribution in [0.5, 0.6) is 0 Å². The Labute approximate surface area is 179 Å². The summed E-state index contributed by atoms with van der Waals surface area (Å²) in [7, 11) is 0. The minimum absolute atomic E-state index is 0.0364. The van der Waals surface area contributed by atoms with E-state index in [1.165, 1.54) is 5.56 Å². The van der Waals surface area contributed by atoms with Crippen LogP contribution in [0, 0.1) is 12.3 Å². The molecule has 1 amide bonds. The van der Waals surface area contributed by atoms with Crippen LogP contribution in [0.15, 0.2) is 28.8 Å². The number of morpholine rings is 1. The number of hydrogen-bond acceptors (Lipinski definition) is 5. The van der Waals surface area contributed by atoms with E-state index < -0.39 is 0 Å². The molecule has 1 aromatic heterocycles. The molecular formula is C24H33N3O3. The second-order valence-corrected chi connectivity index (χ2v) is 9.77. The van der Waals surface area contributed by atoms with Gasteiger partial charge in [0.15, 0.2) is 0 Å². The molecule has 2 heterocycles. The maximum Gasteiger partial charge on any atom is 0.233 e. The molecule has 1 aromatic carbocycles. The van der Waals surface area contributed by atoms with E-state index in [1.807, 2.05) is 6.07 Å². The van der Waals surface area contributed by atoms with Gasteiger partial charge in [-0.3, -0.25) is 4.79 Å². The second kappa shape index (κ2) is 8.42. The smallest absolute Gasteiger partial charge is 0.233 e. The fourth-order valence-corrected chi connectivity index (χ4v) is 4.01. The van der Waals surface area contributed by atoms with Crippen LogP contribution in [0.3, 0.4) is 0 Å². The largest absolute Gasteiger partial charge is 0.378 e. The molecule has 0 spiro atoms. The number of nitrogens with zero attached hydrogens (tertiary/aromatic N) is 3. The number of aromatic nitrogens is 1. The van der Waals surface area contributed by atoms with E-state index in [1.54, 1.807) is 0 Å². The van der Waals surface area contributed by atoms with E-state index in [2.05, 4.69) is 60.9 Å². The van der Waals surface area contributed by atoms with Crippen molar-refractivity contribution >= 4 is 11.8 Å². The lowest BCUT2D eigenvalue weighted by Gasteiger charge is -2.29. The van der Waals surface area contributed by atoms with Gasteiger partial charge < -0.3 is 19.1 Å². The first-order valence-electron chi connectivity index (χ1n) is 11.0. The Morgan fingerprint density at radius 3 is 2.60 bits per heavy atom. The fraction of sp³-hybridized carbons (Fsp3) is 0.583. The lowest BCUT2D eigenvalue weighted by atomic mass is 9.91. The highest BCUT2D eigenvalue weighted by molar-refractivity contribution is 5.78. The zero-order valence-corrected chi connectivity index (χ0v) is 18.6. The number of carbonyl (C=O) groups excluding carboxylic acids is 1. The van der Waals surface area contributed by atoms with E-state index in [4.69, 9.17) is 9.26 Å². The van der Waals surface area contributed by atoms with Crippen LogP contribution in [0.4, 0.5) is 5.88 Å². The molecule has 0 atom stereocenters. The predicted octanol–water partition coefficient (Wildman–Crippen LogP) is 4.41. The summed E-state index contributed by atoms with van der Waals surface area (Å²) in [6.07, 6.45) is 2.70. The molecule has 0 unspecified atom stereocenters. The van der Waals surface area contributed by atoms with Crippen molar-refractivity contribution in [1.29, 1.82) is 0 Å². The van der Waals surface area contributed by atoms with E-state index >= 15 is 0 Å². The van der Waals surface area contributed by atoms with Crippen molar-refractivity contribution < 1.29 is 14.1 Å². The van der Waals surface area contributed by atoms with Gasteiger partial charge in [-0.1, -0.05) is 49.7 Å². The van der Waals surface area contributed by atoms with Gasteiger partial charge in [0.2, 0.25) is 11.8 Å². The molecule has 4 rings (SSSR count). The highest BCUT2D eigenvalue weighted by atomic mass is 16.5. The third-order valence-electron chi connectivity index (χ3n) is 5.68. The third kappa shape index (κ3) is 4.86. The number of ether oxygens (including phenoxy) is 1. The Balaban J connectivity index is 1.70. The van der Waals surface area contributed by atoms with Crippen LogP contribution in [-0.4, -0.2) is 48.3 Å². The number of hydrogen-bond donors (Lipinski definition) is 0. The number of amides is 1. The van der Waals surface area contributed by atoms with Gasteiger partial charge in [0.05, 0.1) is 25.3 Å². The van der Waals surface area contributed by atoms with Crippen molar-refractivity contribution in [3.8, 4) is 11.3 Å². The van der Waals surface area contributed by atoms with E-state index in [0.717, 1.165) is 48.6 Å². The monoisotopic (exact) mass is 411 g/mol. The summed E-state index contributed by atoms with van der Waals surface area (Å²) in [5, 5.41) is 4.47. The summed E-state index contributed by atoms with van der Waals surface area (Å²) in [6.45, 7) is 11.9. The Morgan fingerprint density at radius 1 is 1.23 bits per heavy atom. The Hall–Kier alpha value is -2.34. The van der Waals surface area contributed by atoms with Gasteiger partial charge in [-0.25, -0.2) is 0 Å². The topological polar surface area (TPSA) is 58.8 Å². The van der Waals surface area contributed by atoms with Crippen LogP contribution < -0.4 is 4.90 Å². The highest BCUT2D eigenvalue weighted by Gasteiger charge is 2.36. The van der Waals surface area contributed by atoms with Crippen LogP contribution in [0.1, 0.15) is 51.2 Å². The molecule has 1 saturated carbocycles. The summed E-state index contributed by atoms with van der Waals surface area (Å²) >= 11 is 0. The zero-order valence-electron chi connectivity index (χ0n) is 18.6. The lowest BCUT2D eigenvalue weighted by Crippen LogP contribution is -2.38. The quantitative estimate of drug-likeness (QED) is 0.704. The predicted molar refractivity (Wildman–Crippen MR) is 117 cm³/mol. The number of carbonyl (C=O) groups is 1. The van der Waals surface area contributed by atoms with Gasteiger partial charge in [0, 0.05) is 31.1 Å². The number of rotatable bonds is 6. The maximum absolute atomic E-state index is 13.2. The minimum atomic E-state index is -0.0364. The molecule has 1 aliphatic carbocycles. The summed E-state index contributed by atoms with van der Waals surface area (Å²) in [4.78, 5) is 17.5. The maximum atomic E-state index is 13.2. The number of aryl methyl sites for hydroxylation is 1. The van der Waals surface area contributed by atoms with Gasteiger partial charge in [-0.15, -0.1) is 0 Å². The molecule has 2 aromatic rings. The molecule has 30 heavy (non-hydrogen) atoms. The summed E-state index contributed by atoms with van der Waals surface area (Å²) < 4.78 is 11.4. The molecule has 2 fully saturated rings.